The summed E-state index contributed by atoms with van der Waals surface area (Å²) in [6.45, 7) is 3.79. The molecular weight excluding hydrogens is 255 g/mol. The number of carbonyl (C=O) groups is 1. The van der Waals surface area contributed by atoms with Crippen LogP contribution in [0.5, 0.6) is 0 Å². The highest BCUT2D eigenvalue weighted by molar-refractivity contribution is 6.36. The Morgan fingerprint density at radius 2 is 1.82 bits per heavy atom. The molecule has 0 saturated heterocycles. The molecule has 2 rings (SSSR count). The van der Waals surface area contributed by atoms with Gasteiger partial charge in [-0.3, -0.25) is 4.79 Å². The van der Waals surface area contributed by atoms with Gasteiger partial charge in [0.15, 0.2) is 5.78 Å². The summed E-state index contributed by atoms with van der Waals surface area (Å²) in [6.07, 6.45) is 0. The van der Waals surface area contributed by atoms with Crippen LogP contribution in [0.15, 0.2) is 42.5 Å². The van der Waals surface area contributed by atoms with Crippen LogP contribution in [0.2, 0.25) is 10.0 Å². The van der Waals surface area contributed by atoms with Crippen molar-refractivity contribution in [2.45, 2.75) is 0 Å². The summed E-state index contributed by atoms with van der Waals surface area (Å²) in [7, 11) is 0. The molecule has 0 aliphatic heterocycles. The van der Waals surface area contributed by atoms with Gasteiger partial charge in [-0.15, -0.1) is 0 Å². The molecule has 0 aromatic heterocycles. The molecule has 0 spiro atoms. The molecule has 0 N–H and O–H groups in total. The van der Waals surface area contributed by atoms with Crippen molar-refractivity contribution in [3.8, 4) is 0 Å². The Kier molecular flexibility index (Phi) is 3.51. The van der Waals surface area contributed by atoms with Crippen LogP contribution < -0.4 is 0 Å². The van der Waals surface area contributed by atoms with Crippen molar-refractivity contribution in [3.63, 3.8) is 0 Å². The van der Waals surface area contributed by atoms with Gasteiger partial charge in [-0.1, -0.05) is 41.4 Å². The molecule has 0 atom stereocenters. The van der Waals surface area contributed by atoms with E-state index in [-0.39, 0.29) is 5.78 Å². The lowest BCUT2D eigenvalue weighted by molar-refractivity contribution is 0.103. The van der Waals surface area contributed by atoms with Gasteiger partial charge in [0.05, 0.1) is 5.02 Å². The van der Waals surface area contributed by atoms with Crippen molar-refractivity contribution >= 4 is 29.0 Å². The molecule has 2 aromatic rings. The summed E-state index contributed by atoms with van der Waals surface area (Å²) in [5.41, 5.74) is 1.75. The first-order valence-electron chi connectivity index (χ1n) is 5.00. The fourth-order valence-electron chi connectivity index (χ4n) is 1.54. The molecule has 3 heteroatoms. The van der Waals surface area contributed by atoms with Crippen LogP contribution in [0.25, 0.3) is 0 Å². The second-order valence-corrected chi connectivity index (χ2v) is 4.50. The van der Waals surface area contributed by atoms with E-state index in [0.717, 1.165) is 5.56 Å². The van der Waals surface area contributed by atoms with Crippen molar-refractivity contribution < 1.29 is 4.79 Å². The van der Waals surface area contributed by atoms with Crippen molar-refractivity contribution in [2.75, 3.05) is 0 Å². The van der Waals surface area contributed by atoms with Crippen LogP contribution in [0.1, 0.15) is 21.5 Å². The first-order chi connectivity index (χ1) is 8.08. The van der Waals surface area contributed by atoms with Crippen LogP contribution in [0.3, 0.4) is 0 Å². The maximum Gasteiger partial charge on any atom is 0.194 e. The number of halogens is 2. The van der Waals surface area contributed by atoms with E-state index >= 15 is 0 Å². The van der Waals surface area contributed by atoms with Gasteiger partial charge in [-0.05, 0) is 36.8 Å². The van der Waals surface area contributed by atoms with Crippen molar-refractivity contribution in [2.24, 2.45) is 0 Å². The van der Waals surface area contributed by atoms with Gasteiger partial charge in [0.1, 0.15) is 0 Å². The Morgan fingerprint density at radius 3 is 2.53 bits per heavy atom. The molecule has 0 aliphatic carbocycles. The van der Waals surface area contributed by atoms with Gasteiger partial charge in [-0.2, -0.15) is 0 Å². The standard InChI is InChI=1S/C14H9Cl2O/c1-9-3-2-4-10(7-9)14(17)12-8-11(15)5-6-13(12)16/h2-8H,1H2. The number of ketones is 1. The lowest BCUT2D eigenvalue weighted by Crippen LogP contribution is -2.02. The van der Waals surface area contributed by atoms with Crippen LogP contribution in [-0.4, -0.2) is 5.78 Å². The van der Waals surface area contributed by atoms with Crippen molar-refractivity contribution in [1.82, 2.24) is 0 Å². The topological polar surface area (TPSA) is 17.1 Å². The number of hydrogen-bond donors (Lipinski definition) is 0. The maximum absolute atomic E-state index is 12.2. The lowest BCUT2D eigenvalue weighted by atomic mass is 10.0. The summed E-state index contributed by atoms with van der Waals surface area (Å²) in [5, 5.41) is 0.886. The van der Waals surface area contributed by atoms with Gasteiger partial charge >= 0.3 is 0 Å². The summed E-state index contributed by atoms with van der Waals surface area (Å²) in [4.78, 5) is 12.2. The molecule has 17 heavy (non-hydrogen) atoms. The molecule has 1 radical (unpaired) electrons. The van der Waals surface area contributed by atoms with Crippen LogP contribution in [0, 0.1) is 6.92 Å². The van der Waals surface area contributed by atoms with Gasteiger partial charge in [0, 0.05) is 16.1 Å². The highest BCUT2D eigenvalue weighted by atomic mass is 35.5. The molecule has 1 nitrogen and oxygen atoms in total. The van der Waals surface area contributed by atoms with E-state index in [4.69, 9.17) is 23.2 Å². The van der Waals surface area contributed by atoms with E-state index in [1.54, 1.807) is 36.4 Å². The van der Waals surface area contributed by atoms with E-state index in [2.05, 4.69) is 6.92 Å². The fraction of sp³-hybridized carbons (Fsp3) is 0. The van der Waals surface area contributed by atoms with Gasteiger partial charge < -0.3 is 0 Å². The summed E-state index contributed by atoms with van der Waals surface area (Å²) in [6, 6.07) is 11.9. The zero-order valence-electron chi connectivity index (χ0n) is 8.91. The third-order valence-corrected chi connectivity index (χ3v) is 2.93. The Labute approximate surface area is 110 Å². The number of carbonyl (C=O) groups excluding carboxylic acids is 1. The molecule has 0 saturated carbocycles. The minimum Gasteiger partial charge on any atom is -0.289 e. The molecule has 2 aromatic carbocycles. The van der Waals surface area contributed by atoms with E-state index in [1.807, 2.05) is 6.07 Å². The molecule has 0 amide bonds. The maximum atomic E-state index is 12.2. The lowest BCUT2D eigenvalue weighted by Gasteiger charge is -2.05. The van der Waals surface area contributed by atoms with E-state index in [1.165, 1.54) is 0 Å². The normalized spacial score (nSPS) is 10.3. The largest absolute Gasteiger partial charge is 0.289 e. The fourth-order valence-corrected chi connectivity index (χ4v) is 1.92. The SMILES string of the molecule is [CH2]c1cccc(C(=O)c2cc(Cl)ccc2Cl)c1. The molecule has 0 bridgehead atoms. The zero-order valence-corrected chi connectivity index (χ0v) is 10.4. The van der Waals surface area contributed by atoms with E-state index < -0.39 is 0 Å². The Balaban J connectivity index is 2.47. The van der Waals surface area contributed by atoms with E-state index in [0.29, 0.717) is 21.2 Å². The number of rotatable bonds is 2. The molecule has 0 unspecified atom stereocenters. The average molecular weight is 264 g/mol. The minimum atomic E-state index is -0.150. The molecule has 0 heterocycles. The zero-order chi connectivity index (χ0) is 12.4. The third-order valence-electron chi connectivity index (χ3n) is 2.36. The first kappa shape index (κ1) is 12.2. The minimum absolute atomic E-state index is 0.150. The van der Waals surface area contributed by atoms with Gasteiger partial charge in [0.2, 0.25) is 0 Å². The molecule has 85 valence electrons. The highest BCUT2D eigenvalue weighted by Gasteiger charge is 2.13. The Hall–Kier alpha value is -1.31. The second kappa shape index (κ2) is 4.91. The van der Waals surface area contributed by atoms with Crippen molar-refractivity contribution in [1.29, 1.82) is 0 Å². The predicted molar refractivity (Wildman–Crippen MR) is 70.8 cm³/mol. The van der Waals surface area contributed by atoms with Gasteiger partial charge in [-0.25, -0.2) is 0 Å². The summed E-state index contributed by atoms with van der Waals surface area (Å²) >= 11 is 11.8. The Bertz CT molecular complexity index is 576. The smallest absolute Gasteiger partial charge is 0.194 e. The van der Waals surface area contributed by atoms with Gasteiger partial charge in [0.25, 0.3) is 0 Å². The highest BCUT2D eigenvalue weighted by Crippen LogP contribution is 2.23. The predicted octanol–water partition coefficient (Wildman–Crippen LogP) is 4.41. The molecule has 0 fully saturated rings. The number of benzene rings is 2. The van der Waals surface area contributed by atoms with Crippen molar-refractivity contribution in [3.05, 3.63) is 76.1 Å². The third kappa shape index (κ3) is 2.68. The second-order valence-electron chi connectivity index (χ2n) is 3.65. The number of hydrogen-bond acceptors (Lipinski definition) is 1. The first-order valence-corrected chi connectivity index (χ1v) is 5.75. The van der Waals surface area contributed by atoms with Crippen LogP contribution in [0.4, 0.5) is 0 Å². The Morgan fingerprint density at radius 1 is 1.06 bits per heavy atom. The molecular formula is C14H9Cl2O. The summed E-state index contributed by atoms with van der Waals surface area (Å²) in [5.74, 6) is -0.150. The van der Waals surface area contributed by atoms with E-state index in [9.17, 15) is 4.79 Å². The summed E-state index contributed by atoms with van der Waals surface area (Å²) < 4.78 is 0. The monoisotopic (exact) mass is 263 g/mol. The van der Waals surface area contributed by atoms with Crippen LogP contribution in [-0.2, 0) is 0 Å². The quantitative estimate of drug-likeness (QED) is 0.734. The average Bonchev–Trinajstić information content (AvgIpc) is 2.31. The van der Waals surface area contributed by atoms with Crippen LogP contribution >= 0.6 is 23.2 Å². The molecule has 0 aliphatic rings.